The molecular weight excluding hydrogens is 278 g/mol. The summed E-state index contributed by atoms with van der Waals surface area (Å²) in [5.41, 5.74) is 5.63. The van der Waals surface area contributed by atoms with Crippen molar-refractivity contribution in [2.24, 2.45) is 11.7 Å². The zero-order chi connectivity index (χ0) is 13.1. The van der Waals surface area contributed by atoms with Crippen molar-refractivity contribution in [2.45, 2.75) is 25.8 Å². The van der Waals surface area contributed by atoms with Gasteiger partial charge in [-0.2, -0.15) is 0 Å². The van der Waals surface area contributed by atoms with Gasteiger partial charge in [-0.3, -0.25) is 4.79 Å². The molecule has 1 heterocycles. The number of nitrogens with zero attached hydrogens (tertiary/aromatic N) is 1. The maximum absolute atomic E-state index is 11.9. The van der Waals surface area contributed by atoms with Crippen molar-refractivity contribution >= 4 is 28.3 Å². The predicted octanol–water partition coefficient (Wildman–Crippen LogP) is -0.457. The van der Waals surface area contributed by atoms with Crippen LogP contribution in [0.2, 0.25) is 0 Å². The second-order valence-electron chi connectivity index (χ2n) is 4.57. The monoisotopic (exact) mass is 299 g/mol. The normalized spacial score (nSPS) is 24.5. The van der Waals surface area contributed by atoms with E-state index in [2.05, 4.69) is 11.6 Å². The van der Waals surface area contributed by atoms with Crippen LogP contribution in [0.25, 0.3) is 0 Å². The third-order valence-corrected chi connectivity index (χ3v) is 4.44. The molecule has 6 nitrogen and oxygen atoms in total. The standard InChI is InChI=1S/C10H21N3O3S.ClH/c1-8-3-4-13(9(5-8)6-11)10(14)7-17(15,16)12-2;/h8-9,12H,3-7,11H2,1-2H3;1H. The number of nitrogens with one attached hydrogen (secondary N) is 1. The first kappa shape index (κ1) is 17.6. The number of nitrogens with two attached hydrogens (primary N) is 1. The van der Waals surface area contributed by atoms with Crippen LogP contribution in [0.5, 0.6) is 0 Å². The number of carbonyl (C=O) groups excluding carboxylic acids is 1. The molecule has 0 aromatic heterocycles. The molecule has 1 aliphatic rings. The van der Waals surface area contributed by atoms with Crippen molar-refractivity contribution < 1.29 is 13.2 Å². The summed E-state index contributed by atoms with van der Waals surface area (Å²) in [4.78, 5) is 13.5. The van der Waals surface area contributed by atoms with E-state index in [4.69, 9.17) is 5.73 Å². The minimum atomic E-state index is -3.50. The van der Waals surface area contributed by atoms with E-state index >= 15 is 0 Å². The van der Waals surface area contributed by atoms with Crippen LogP contribution in [-0.2, 0) is 14.8 Å². The molecule has 0 aliphatic carbocycles. The van der Waals surface area contributed by atoms with E-state index < -0.39 is 15.8 Å². The van der Waals surface area contributed by atoms with Crippen LogP contribution in [0, 0.1) is 5.92 Å². The van der Waals surface area contributed by atoms with Gasteiger partial charge in [0.2, 0.25) is 15.9 Å². The van der Waals surface area contributed by atoms with Crippen molar-refractivity contribution in [2.75, 3.05) is 25.9 Å². The Morgan fingerprint density at radius 1 is 1.50 bits per heavy atom. The van der Waals surface area contributed by atoms with Gasteiger partial charge >= 0.3 is 0 Å². The summed E-state index contributed by atoms with van der Waals surface area (Å²) in [6.07, 6.45) is 1.75. The topological polar surface area (TPSA) is 92.5 Å². The van der Waals surface area contributed by atoms with Crippen LogP contribution in [0.3, 0.4) is 0 Å². The van der Waals surface area contributed by atoms with E-state index in [1.807, 2.05) is 0 Å². The molecular formula is C10H22ClN3O3S. The van der Waals surface area contributed by atoms with Gasteiger partial charge in [-0.05, 0) is 25.8 Å². The maximum Gasteiger partial charge on any atom is 0.239 e. The molecule has 18 heavy (non-hydrogen) atoms. The lowest BCUT2D eigenvalue weighted by molar-refractivity contribution is -0.132. The molecule has 0 bridgehead atoms. The fraction of sp³-hybridized carbons (Fsp3) is 0.900. The van der Waals surface area contributed by atoms with Crippen LogP contribution >= 0.6 is 12.4 Å². The Morgan fingerprint density at radius 2 is 2.11 bits per heavy atom. The van der Waals surface area contributed by atoms with Crippen molar-refractivity contribution in [3.63, 3.8) is 0 Å². The summed E-state index contributed by atoms with van der Waals surface area (Å²) in [5, 5.41) is 0. The lowest BCUT2D eigenvalue weighted by Gasteiger charge is -2.37. The highest BCUT2D eigenvalue weighted by atomic mass is 35.5. The zero-order valence-corrected chi connectivity index (χ0v) is 12.4. The number of hydrogen-bond acceptors (Lipinski definition) is 4. The van der Waals surface area contributed by atoms with E-state index in [1.54, 1.807) is 4.90 Å². The van der Waals surface area contributed by atoms with Crippen molar-refractivity contribution in [3.05, 3.63) is 0 Å². The molecule has 1 aliphatic heterocycles. The molecule has 0 spiro atoms. The fourth-order valence-electron chi connectivity index (χ4n) is 2.12. The second kappa shape index (κ2) is 7.28. The molecule has 0 aromatic rings. The van der Waals surface area contributed by atoms with Crippen molar-refractivity contribution in [3.8, 4) is 0 Å². The summed E-state index contributed by atoms with van der Waals surface area (Å²) in [6.45, 7) is 3.10. The summed E-state index contributed by atoms with van der Waals surface area (Å²) in [5.74, 6) is -0.316. The number of piperidine rings is 1. The Bertz CT molecular complexity index is 375. The number of halogens is 1. The molecule has 2 atom stereocenters. The molecule has 8 heteroatoms. The first-order chi connectivity index (χ1) is 7.89. The molecule has 0 aromatic carbocycles. The summed E-state index contributed by atoms with van der Waals surface area (Å²) >= 11 is 0. The third kappa shape index (κ3) is 4.72. The fourth-order valence-corrected chi connectivity index (χ4v) is 2.76. The number of likely N-dealkylation sites (tertiary alicyclic amines) is 1. The molecule has 1 fully saturated rings. The van der Waals surface area contributed by atoms with Gasteiger partial charge in [0, 0.05) is 19.1 Å². The predicted molar refractivity (Wildman–Crippen MR) is 73.0 cm³/mol. The highest BCUT2D eigenvalue weighted by molar-refractivity contribution is 7.90. The van der Waals surface area contributed by atoms with E-state index in [0.29, 0.717) is 19.0 Å². The first-order valence-electron chi connectivity index (χ1n) is 5.80. The summed E-state index contributed by atoms with van der Waals surface area (Å²) in [7, 11) is -2.19. The summed E-state index contributed by atoms with van der Waals surface area (Å²) < 4.78 is 24.8. The van der Waals surface area contributed by atoms with E-state index in [1.165, 1.54) is 7.05 Å². The van der Waals surface area contributed by atoms with Crippen LogP contribution in [0.4, 0.5) is 0 Å². The van der Waals surface area contributed by atoms with Crippen LogP contribution in [0.1, 0.15) is 19.8 Å². The molecule has 0 saturated carbocycles. The first-order valence-corrected chi connectivity index (χ1v) is 7.45. The summed E-state index contributed by atoms with van der Waals surface area (Å²) in [6, 6.07) is -0.0293. The Kier molecular flexibility index (Phi) is 7.13. The van der Waals surface area contributed by atoms with Gasteiger partial charge in [0.15, 0.2) is 0 Å². The highest BCUT2D eigenvalue weighted by Gasteiger charge is 2.30. The van der Waals surface area contributed by atoms with Gasteiger partial charge < -0.3 is 10.6 Å². The van der Waals surface area contributed by atoms with Gasteiger partial charge in [0.25, 0.3) is 0 Å². The quantitative estimate of drug-likeness (QED) is 0.735. The van der Waals surface area contributed by atoms with Gasteiger partial charge in [-0.15, -0.1) is 12.4 Å². The Labute approximate surface area is 115 Å². The molecule has 2 unspecified atom stereocenters. The van der Waals surface area contributed by atoms with Crippen LogP contribution < -0.4 is 10.5 Å². The lowest BCUT2D eigenvalue weighted by Crippen LogP contribution is -2.51. The van der Waals surface area contributed by atoms with Gasteiger partial charge in [-0.1, -0.05) is 6.92 Å². The van der Waals surface area contributed by atoms with Gasteiger partial charge in [-0.25, -0.2) is 13.1 Å². The van der Waals surface area contributed by atoms with E-state index in [0.717, 1.165) is 12.8 Å². The molecule has 3 N–H and O–H groups in total. The largest absolute Gasteiger partial charge is 0.338 e. The second-order valence-corrected chi connectivity index (χ2v) is 6.50. The molecule has 1 saturated heterocycles. The third-order valence-electron chi connectivity index (χ3n) is 3.19. The lowest BCUT2D eigenvalue weighted by atomic mass is 9.92. The maximum atomic E-state index is 11.9. The van der Waals surface area contributed by atoms with Crippen LogP contribution in [-0.4, -0.2) is 51.2 Å². The number of amides is 1. The Balaban J connectivity index is 0.00000289. The van der Waals surface area contributed by atoms with E-state index in [-0.39, 0.29) is 24.4 Å². The molecule has 108 valence electrons. The number of sulfonamides is 1. The molecule has 1 rings (SSSR count). The average molecular weight is 300 g/mol. The highest BCUT2D eigenvalue weighted by Crippen LogP contribution is 2.22. The Hall–Kier alpha value is -0.370. The smallest absolute Gasteiger partial charge is 0.239 e. The number of rotatable bonds is 4. The van der Waals surface area contributed by atoms with Gasteiger partial charge in [0.05, 0.1) is 0 Å². The van der Waals surface area contributed by atoms with Crippen LogP contribution in [0.15, 0.2) is 0 Å². The average Bonchev–Trinajstić information content (AvgIpc) is 2.28. The van der Waals surface area contributed by atoms with E-state index in [9.17, 15) is 13.2 Å². The SMILES string of the molecule is CNS(=O)(=O)CC(=O)N1CCC(C)CC1CN.Cl. The molecule has 0 radical (unpaired) electrons. The van der Waals surface area contributed by atoms with Gasteiger partial charge in [0.1, 0.15) is 5.75 Å². The Morgan fingerprint density at radius 3 is 2.61 bits per heavy atom. The number of carbonyl (C=O) groups is 1. The minimum Gasteiger partial charge on any atom is -0.338 e. The molecule has 1 amide bonds. The van der Waals surface area contributed by atoms with Crippen molar-refractivity contribution in [1.29, 1.82) is 0 Å². The minimum absolute atomic E-state index is 0. The zero-order valence-electron chi connectivity index (χ0n) is 10.8. The number of hydrogen-bond donors (Lipinski definition) is 2. The van der Waals surface area contributed by atoms with Crippen molar-refractivity contribution in [1.82, 2.24) is 9.62 Å².